The van der Waals surface area contributed by atoms with E-state index in [4.69, 9.17) is 18.9 Å². The van der Waals surface area contributed by atoms with E-state index >= 15 is 0 Å². The van der Waals surface area contributed by atoms with Gasteiger partial charge < -0.3 is 34.7 Å². The molecule has 0 aliphatic carbocycles. The molecule has 246 valence electrons. The largest absolute Gasteiger partial charge is 0.457 e. The average molecular weight is 638 g/mol. The third-order valence-corrected chi connectivity index (χ3v) is 8.90. The molecular weight excluding hydrogens is 594 g/mol. The zero-order valence-electron chi connectivity index (χ0n) is 26.9. The van der Waals surface area contributed by atoms with Gasteiger partial charge in [-0.15, -0.1) is 0 Å². The van der Waals surface area contributed by atoms with Crippen molar-refractivity contribution >= 4 is 17.4 Å². The molecule has 2 heterocycles. The van der Waals surface area contributed by atoms with Crippen molar-refractivity contribution < 1.29 is 28.8 Å². The van der Waals surface area contributed by atoms with E-state index in [1.54, 1.807) is 19.2 Å². The van der Waals surface area contributed by atoms with Crippen molar-refractivity contribution in [2.45, 2.75) is 50.9 Å². The number of anilines is 2. The van der Waals surface area contributed by atoms with Gasteiger partial charge in [-0.2, -0.15) is 0 Å². The molecule has 2 saturated heterocycles. The lowest BCUT2D eigenvalue weighted by Gasteiger charge is -2.43. The van der Waals surface area contributed by atoms with Gasteiger partial charge in [-0.3, -0.25) is 4.90 Å². The number of hydrogen-bond donors (Lipinski definition) is 3. The third-order valence-electron chi connectivity index (χ3n) is 8.90. The molecule has 5 atom stereocenters. The highest BCUT2D eigenvalue weighted by molar-refractivity contribution is 5.99. The molecule has 9 heteroatoms. The lowest BCUT2D eigenvalue weighted by Crippen LogP contribution is -2.46. The highest BCUT2D eigenvalue weighted by atomic mass is 16.7. The summed E-state index contributed by atoms with van der Waals surface area (Å²) in [6.45, 7) is 4.66. The highest BCUT2D eigenvalue weighted by Gasteiger charge is 2.40. The van der Waals surface area contributed by atoms with Gasteiger partial charge in [-0.25, -0.2) is 4.79 Å². The Kier molecular flexibility index (Phi) is 10.8. The summed E-state index contributed by atoms with van der Waals surface area (Å²) in [4.78, 5) is 15.4. The van der Waals surface area contributed by atoms with E-state index < -0.39 is 6.29 Å². The first kappa shape index (κ1) is 32.7. The highest BCUT2D eigenvalue weighted by Crippen LogP contribution is 2.42. The molecule has 3 N–H and O–H groups in total. The van der Waals surface area contributed by atoms with E-state index in [-0.39, 0.29) is 30.8 Å². The smallest absolute Gasteiger partial charge is 0.323 e. The van der Waals surface area contributed by atoms with Gasteiger partial charge in [-0.05, 0) is 79.0 Å². The van der Waals surface area contributed by atoms with Crippen LogP contribution in [0.2, 0.25) is 0 Å². The Labute approximate surface area is 276 Å². The van der Waals surface area contributed by atoms with Gasteiger partial charge in [0.05, 0.1) is 25.4 Å². The van der Waals surface area contributed by atoms with Crippen LogP contribution in [-0.4, -0.2) is 55.0 Å². The number of nitrogens with zero attached hydrogens (tertiary/aromatic N) is 1. The molecule has 4 aromatic rings. The topological polar surface area (TPSA) is 102 Å². The third kappa shape index (κ3) is 8.38. The minimum absolute atomic E-state index is 0.00702. The fraction of sp³-hybridized carbons (Fsp3) is 0.342. The van der Waals surface area contributed by atoms with Crippen molar-refractivity contribution in [3.63, 3.8) is 0 Å². The van der Waals surface area contributed by atoms with E-state index in [0.29, 0.717) is 29.8 Å². The van der Waals surface area contributed by atoms with Gasteiger partial charge in [-0.1, -0.05) is 61.5 Å². The minimum atomic E-state index is -0.635. The van der Waals surface area contributed by atoms with Crippen LogP contribution in [0.4, 0.5) is 16.2 Å². The van der Waals surface area contributed by atoms with Crippen molar-refractivity contribution in [3.05, 3.63) is 120 Å². The lowest BCUT2D eigenvalue weighted by molar-refractivity contribution is -0.276. The number of urea groups is 1. The molecule has 2 fully saturated rings. The van der Waals surface area contributed by atoms with E-state index in [1.807, 2.05) is 91.0 Å². The number of carbonyl (C=O) groups is 1. The SMILES string of the molecule is COC[C@@H]1CCCN1C[C@H]1O[C@@H](c2cccc(NC(=O)Nc3ccc(Oc4ccccc4)cc3)c2)O[C@@H](c2ccc(CO)cc2)[C@H]1C. The molecule has 0 radical (unpaired) electrons. The van der Waals surface area contributed by atoms with Gasteiger partial charge in [0.15, 0.2) is 6.29 Å². The van der Waals surface area contributed by atoms with E-state index in [1.165, 1.54) is 0 Å². The number of benzene rings is 4. The van der Waals surface area contributed by atoms with Crippen molar-refractivity contribution in [1.29, 1.82) is 0 Å². The molecule has 0 unspecified atom stereocenters. The van der Waals surface area contributed by atoms with Gasteiger partial charge in [0.25, 0.3) is 0 Å². The number of carbonyl (C=O) groups excluding carboxylic acids is 1. The first-order valence-electron chi connectivity index (χ1n) is 16.2. The van der Waals surface area contributed by atoms with Crippen LogP contribution in [0.1, 0.15) is 48.8 Å². The van der Waals surface area contributed by atoms with Crippen LogP contribution in [0, 0.1) is 5.92 Å². The number of aliphatic hydroxyl groups is 1. The number of rotatable bonds is 11. The van der Waals surface area contributed by atoms with Crippen LogP contribution in [0.15, 0.2) is 103 Å². The zero-order chi connectivity index (χ0) is 32.6. The van der Waals surface area contributed by atoms with Gasteiger partial charge in [0.2, 0.25) is 0 Å². The molecule has 9 nitrogen and oxygen atoms in total. The van der Waals surface area contributed by atoms with Crippen LogP contribution in [0.25, 0.3) is 0 Å². The summed E-state index contributed by atoms with van der Waals surface area (Å²) < 4.78 is 24.7. The summed E-state index contributed by atoms with van der Waals surface area (Å²) in [7, 11) is 1.76. The van der Waals surface area contributed by atoms with Crippen molar-refractivity contribution in [1.82, 2.24) is 4.90 Å². The molecule has 0 bridgehead atoms. The Hall–Kier alpha value is -4.25. The van der Waals surface area contributed by atoms with Crippen LogP contribution in [0.3, 0.4) is 0 Å². The molecule has 47 heavy (non-hydrogen) atoms. The molecule has 2 aliphatic rings. The number of aliphatic hydroxyl groups excluding tert-OH is 1. The summed E-state index contributed by atoms with van der Waals surface area (Å²) in [5.41, 5.74) is 3.97. The number of para-hydroxylation sites is 1. The fourth-order valence-corrected chi connectivity index (χ4v) is 6.36. The summed E-state index contributed by atoms with van der Waals surface area (Å²) >= 11 is 0. The Bertz CT molecular complexity index is 1580. The minimum Gasteiger partial charge on any atom is -0.457 e. The van der Waals surface area contributed by atoms with Crippen LogP contribution >= 0.6 is 0 Å². The maximum atomic E-state index is 13.0. The second kappa shape index (κ2) is 15.6. The lowest BCUT2D eigenvalue weighted by atomic mass is 9.90. The summed E-state index contributed by atoms with van der Waals surface area (Å²) in [5.74, 6) is 1.50. The number of amides is 2. The molecule has 0 saturated carbocycles. The molecule has 2 amide bonds. The van der Waals surface area contributed by atoms with Gasteiger partial charge >= 0.3 is 6.03 Å². The van der Waals surface area contributed by atoms with Crippen molar-refractivity contribution in [3.8, 4) is 11.5 Å². The molecular formula is C38H43N3O6. The Morgan fingerprint density at radius 1 is 0.872 bits per heavy atom. The molecule has 4 aromatic carbocycles. The summed E-state index contributed by atoms with van der Waals surface area (Å²) in [6.07, 6.45) is 1.31. The Morgan fingerprint density at radius 2 is 1.62 bits per heavy atom. The molecule has 2 aliphatic heterocycles. The average Bonchev–Trinajstić information content (AvgIpc) is 3.53. The fourth-order valence-electron chi connectivity index (χ4n) is 6.36. The first-order valence-corrected chi connectivity index (χ1v) is 16.2. The van der Waals surface area contributed by atoms with Gasteiger partial charge in [0, 0.05) is 42.6 Å². The van der Waals surface area contributed by atoms with E-state index in [2.05, 4.69) is 22.5 Å². The standard InChI is InChI=1S/C38H43N3O6/c1-26-35(23-41-21-7-10-32(41)25-44-2)46-37(47-36(26)28-15-13-27(24-42)14-16-28)29-8-6-9-31(22-29)40-38(43)39-30-17-19-34(20-18-30)45-33-11-4-3-5-12-33/h3-6,8-9,11-20,22,26,32,35-37,42H,7,10,21,23-25H2,1-2H3,(H2,39,40,43)/t26-,32-,35+,36+,37+/m0/s1. The number of ether oxygens (including phenoxy) is 4. The van der Waals surface area contributed by atoms with Gasteiger partial charge in [0.1, 0.15) is 11.5 Å². The van der Waals surface area contributed by atoms with Crippen LogP contribution < -0.4 is 15.4 Å². The monoisotopic (exact) mass is 637 g/mol. The van der Waals surface area contributed by atoms with Crippen molar-refractivity contribution in [2.75, 3.05) is 37.4 Å². The van der Waals surface area contributed by atoms with E-state index in [9.17, 15) is 9.90 Å². The number of likely N-dealkylation sites (tertiary alicyclic amines) is 1. The molecule has 6 rings (SSSR count). The summed E-state index contributed by atoms with van der Waals surface area (Å²) in [5, 5.41) is 15.4. The quantitative estimate of drug-likeness (QED) is 0.156. The predicted octanol–water partition coefficient (Wildman–Crippen LogP) is 7.52. The number of hydrogen-bond acceptors (Lipinski definition) is 7. The normalized spacial score (nSPS) is 22.9. The predicted molar refractivity (Wildman–Crippen MR) is 181 cm³/mol. The maximum Gasteiger partial charge on any atom is 0.323 e. The first-order chi connectivity index (χ1) is 23.0. The molecule has 0 spiro atoms. The number of methoxy groups -OCH3 is 1. The maximum absolute atomic E-state index is 13.0. The zero-order valence-corrected chi connectivity index (χ0v) is 26.9. The summed E-state index contributed by atoms with van der Waals surface area (Å²) in [6, 6.07) is 32.3. The Morgan fingerprint density at radius 3 is 2.36 bits per heavy atom. The molecule has 0 aromatic heterocycles. The second-order valence-electron chi connectivity index (χ2n) is 12.2. The Balaban J connectivity index is 1.14. The second-order valence-corrected chi connectivity index (χ2v) is 12.2. The van der Waals surface area contributed by atoms with Crippen molar-refractivity contribution in [2.24, 2.45) is 5.92 Å². The van der Waals surface area contributed by atoms with Crippen LogP contribution in [-0.2, 0) is 20.8 Å². The number of nitrogens with one attached hydrogen (secondary N) is 2. The van der Waals surface area contributed by atoms with Crippen LogP contribution in [0.5, 0.6) is 11.5 Å². The van der Waals surface area contributed by atoms with E-state index in [0.717, 1.165) is 48.4 Å².